The Kier molecular flexibility index (Phi) is 4.60. The highest BCUT2D eigenvalue weighted by atomic mass is 16.6. The van der Waals surface area contributed by atoms with Crippen molar-refractivity contribution in [2.24, 2.45) is 5.92 Å². The first-order valence-electron chi connectivity index (χ1n) is 11.4. The monoisotopic (exact) mass is 454 g/mol. The Morgan fingerprint density at radius 1 is 1.15 bits per heavy atom. The Bertz CT molecular complexity index is 1330. The molecule has 2 saturated heterocycles. The van der Waals surface area contributed by atoms with Crippen molar-refractivity contribution in [1.29, 1.82) is 0 Å². The van der Waals surface area contributed by atoms with Gasteiger partial charge in [-0.15, -0.1) is 0 Å². The first-order valence-corrected chi connectivity index (χ1v) is 11.4. The lowest BCUT2D eigenvalue weighted by Crippen LogP contribution is -2.52. The van der Waals surface area contributed by atoms with Crippen molar-refractivity contribution in [2.75, 3.05) is 11.9 Å². The maximum absolute atomic E-state index is 14.2. The number of nitro groups is 1. The molecule has 2 fully saturated rings. The van der Waals surface area contributed by atoms with Gasteiger partial charge in [-0.2, -0.15) is 0 Å². The number of rotatable bonds is 4. The molecular formula is C26H22N4O4. The number of hydrogen-bond acceptors (Lipinski definition) is 6. The van der Waals surface area contributed by atoms with E-state index in [2.05, 4.69) is 15.2 Å². The van der Waals surface area contributed by atoms with Gasteiger partial charge in [0.25, 0.3) is 5.69 Å². The SMILES string of the molecule is O=C(c1cccnc1)C1[C@@H](c2cccc([N+](=O)[O-])c2)C2CCCN2[C@@]12C(=O)Nc1ccccc12. The molecule has 3 aromatic rings. The number of amides is 1. The van der Waals surface area contributed by atoms with Gasteiger partial charge < -0.3 is 5.32 Å². The summed E-state index contributed by atoms with van der Waals surface area (Å²) in [5.41, 5.74) is 1.44. The van der Waals surface area contributed by atoms with Crippen molar-refractivity contribution >= 4 is 23.1 Å². The average Bonchev–Trinajstić information content (AvgIpc) is 3.52. The molecule has 2 unspecified atom stereocenters. The molecule has 34 heavy (non-hydrogen) atoms. The lowest BCUT2D eigenvalue weighted by atomic mass is 9.69. The lowest BCUT2D eigenvalue weighted by molar-refractivity contribution is -0.384. The fraction of sp³-hybridized carbons (Fsp3) is 0.269. The van der Waals surface area contributed by atoms with Crippen LogP contribution in [0.2, 0.25) is 0 Å². The Morgan fingerprint density at radius 3 is 2.79 bits per heavy atom. The van der Waals surface area contributed by atoms with Crippen LogP contribution < -0.4 is 5.32 Å². The quantitative estimate of drug-likeness (QED) is 0.364. The van der Waals surface area contributed by atoms with Crippen molar-refractivity contribution < 1.29 is 14.5 Å². The largest absolute Gasteiger partial charge is 0.324 e. The molecule has 4 atom stereocenters. The molecule has 8 nitrogen and oxygen atoms in total. The molecule has 6 rings (SSSR count). The number of carbonyl (C=O) groups excluding carboxylic acids is 2. The number of carbonyl (C=O) groups is 2. The number of aromatic nitrogens is 1. The molecule has 0 saturated carbocycles. The first-order chi connectivity index (χ1) is 16.5. The summed E-state index contributed by atoms with van der Waals surface area (Å²) in [7, 11) is 0. The third-order valence-corrected chi connectivity index (χ3v) is 7.60. The van der Waals surface area contributed by atoms with E-state index < -0.39 is 16.4 Å². The van der Waals surface area contributed by atoms with Gasteiger partial charge in [0, 0.05) is 53.3 Å². The molecule has 0 bridgehead atoms. The minimum Gasteiger partial charge on any atom is -0.324 e. The third-order valence-electron chi connectivity index (χ3n) is 7.60. The molecule has 1 spiro atoms. The van der Waals surface area contributed by atoms with Crippen molar-refractivity contribution in [3.05, 3.63) is 99.9 Å². The molecule has 8 heteroatoms. The van der Waals surface area contributed by atoms with E-state index in [1.165, 1.54) is 12.3 Å². The average molecular weight is 454 g/mol. The number of nitrogens with one attached hydrogen (secondary N) is 1. The fourth-order valence-corrected chi connectivity index (χ4v) is 6.42. The number of ketones is 1. The normalized spacial score (nSPS) is 27.4. The molecule has 1 N–H and O–H groups in total. The number of nitro benzene ring substituents is 1. The number of benzene rings is 2. The molecule has 2 aromatic carbocycles. The standard InChI is InChI=1S/C26H22N4O4/c31-24(17-7-4-12-27-15-17)23-22(16-6-3-8-18(14-16)30(33)34)21-11-5-13-29(21)26(23)19-9-1-2-10-20(19)28-25(26)32/h1-4,6-10,12,14-15,21-23H,5,11,13H2,(H,28,32)/t21?,22-,23?,26+/m0/s1. The number of Topliss-reactive ketones (excluding diaryl/α,β-unsaturated/α-hetero) is 1. The summed E-state index contributed by atoms with van der Waals surface area (Å²) in [5, 5.41) is 14.6. The van der Waals surface area contributed by atoms with E-state index in [4.69, 9.17) is 0 Å². The first kappa shape index (κ1) is 20.7. The van der Waals surface area contributed by atoms with Gasteiger partial charge in [0.05, 0.1) is 10.8 Å². The van der Waals surface area contributed by atoms with Crippen LogP contribution in [0.5, 0.6) is 0 Å². The summed E-state index contributed by atoms with van der Waals surface area (Å²) in [6, 6.07) is 17.4. The van der Waals surface area contributed by atoms with Gasteiger partial charge in [-0.25, -0.2) is 0 Å². The van der Waals surface area contributed by atoms with E-state index >= 15 is 0 Å². The van der Waals surface area contributed by atoms with Crippen molar-refractivity contribution in [2.45, 2.75) is 30.3 Å². The molecule has 170 valence electrons. The van der Waals surface area contributed by atoms with Gasteiger partial charge in [-0.3, -0.25) is 29.6 Å². The van der Waals surface area contributed by atoms with E-state index in [1.54, 1.807) is 30.5 Å². The second-order valence-electron chi connectivity index (χ2n) is 9.13. The van der Waals surface area contributed by atoms with E-state index in [1.807, 2.05) is 30.3 Å². The van der Waals surface area contributed by atoms with Crippen molar-refractivity contribution in [3.8, 4) is 0 Å². The van der Waals surface area contributed by atoms with Crippen LogP contribution in [0, 0.1) is 16.0 Å². The number of pyridine rings is 1. The maximum Gasteiger partial charge on any atom is 0.269 e. The van der Waals surface area contributed by atoms with Crippen LogP contribution in [-0.4, -0.2) is 39.1 Å². The second kappa shape index (κ2) is 7.56. The van der Waals surface area contributed by atoms with Gasteiger partial charge in [0.2, 0.25) is 5.91 Å². The number of hydrogen-bond donors (Lipinski definition) is 1. The van der Waals surface area contributed by atoms with Crippen molar-refractivity contribution in [3.63, 3.8) is 0 Å². The molecule has 3 aliphatic rings. The Labute approximate surface area is 195 Å². The number of non-ortho nitro benzene ring substituents is 1. The predicted octanol–water partition coefficient (Wildman–Crippen LogP) is 3.90. The Morgan fingerprint density at radius 2 is 2.00 bits per heavy atom. The molecule has 4 heterocycles. The van der Waals surface area contributed by atoms with Gasteiger partial charge in [-0.05, 0) is 43.1 Å². The third kappa shape index (κ3) is 2.72. The summed E-state index contributed by atoms with van der Waals surface area (Å²) >= 11 is 0. The zero-order valence-corrected chi connectivity index (χ0v) is 18.3. The van der Waals surface area contributed by atoms with Crippen LogP contribution >= 0.6 is 0 Å². The van der Waals surface area contributed by atoms with Gasteiger partial charge >= 0.3 is 0 Å². The van der Waals surface area contributed by atoms with Crippen LogP contribution in [0.1, 0.15) is 40.2 Å². The second-order valence-corrected chi connectivity index (χ2v) is 9.13. The highest BCUT2D eigenvalue weighted by Crippen LogP contribution is 2.61. The number of para-hydroxylation sites is 1. The lowest BCUT2D eigenvalue weighted by Gasteiger charge is -2.36. The van der Waals surface area contributed by atoms with Crippen LogP contribution in [-0.2, 0) is 10.3 Å². The summed E-state index contributed by atoms with van der Waals surface area (Å²) in [4.78, 5) is 45.5. The maximum atomic E-state index is 14.2. The zero-order chi connectivity index (χ0) is 23.4. The molecule has 1 amide bonds. The van der Waals surface area contributed by atoms with E-state index in [-0.39, 0.29) is 29.3 Å². The minimum absolute atomic E-state index is 0.0214. The molecule has 1 aromatic heterocycles. The van der Waals surface area contributed by atoms with Crippen LogP contribution in [0.3, 0.4) is 0 Å². The highest BCUT2D eigenvalue weighted by Gasteiger charge is 2.69. The zero-order valence-electron chi connectivity index (χ0n) is 18.3. The summed E-state index contributed by atoms with van der Waals surface area (Å²) < 4.78 is 0. The summed E-state index contributed by atoms with van der Waals surface area (Å²) in [5.74, 6) is -1.53. The van der Waals surface area contributed by atoms with Gasteiger partial charge in [0.15, 0.2) is 5.78 Å². The Hall–Kier alpha value is -3.91. The topological polar surface area (TPSA) is 105 Å². The van der Waals surface area contributed by atoms with Crippen LogP contribution in [0.4, 0.5) is 11.4 Å². The van der Waals surface area contributed by atoms with E-state index in [0.29, 0.717) is 23.4 Å². The fourth-order valence-electron chi connectivity index (χ4n) is 6.42. The van der Waals surface area contributed by atoms with Crippen LogP contribution in [0.15, 0.2) is 73.1 Å². The van der Waals surface area contributed by atoms with Gasteiger partial charge in [-0.1, -0.05) is 30.3 Å². The number of nitrogens with zero attached hydrogens (tertiary/aromatic N) is 3. The summed E-state index contributed by atoms with van der Waals surface area (Å²) in [6.07, 6.45) is 4.83. The van der Waals surface area contributed by atoms with E-state index in [0.717, 1.165) is 18.4 Å². The number of anilines is 1. The predicted molar refractivity (Wildman–Crippen MR) is 124 cm³/mol. The smallest absolute Gasteiger partial charge is 0.269 e. The van der Waals surface area contributed by atoms with E-state index in [9.17, 15) is 19.7 Å². The Balaban J connectivity index is 1.62. The molecule has 0 aliphatic carbocycles. The number of fused-ring (bicyclic) bond motifs is 4. The molecule has 3 aliphatic heterocycles. The summed E-state index contributed by atoms with van der Waals surface area (Å²) in [6.45, 7) is 0.675. The highest BCUT2D eigenvalue weighted by molar-refractivity contribution is 6.12. The molecule has 0 radical (unpaired) electrons. The minimum atomic E-state index is -1.18. The molecular weight excluding hydrogens is 432 g/mol. The van der Waals surface area contributed by atoms with Crippen LogP contribution in [0.25, 0.3) is 0 Å². The van der Waals surface area contributed by atoms with Crippen molar-refractivity contribution in [1.82, 2.24) is 9.88 Å². The van der Waals surface area contributed by atoms with Gasteiger partial charge in [0.1, 0.15) is 5.54 Å².